The van der Waals surface area contributed by atoms with Crippen LogP contribution < -0.4 is 5.14 Å². The number of aromatic nitrogens is 3. The van der Waals surface area contributed by atoms with Crippen molar-refractivity contribution < 1.29 is 22.7 Å². The zero-order valence-corrected chi connectivity index (χ0v) is 24.3. The minimum absolute atomic E-state index is 0.0612. The van der Waals surface area contributed by atoms with Crippen LogP contribution in [0.5, 0.6) is 0 Å². The van der Waals surface area contributed by atoms with E-state index in [1.54, 1.807) is 10.7 Å². The second kappa shape index (κ2) is 10.9. The van der Waals surface area contributed by atoms with Gasteiger partial charge in [0.1, 0.15) is 10.7 Å². The topological polar surface area (TPSA) is 128 Å². The molecule has 3 N–H and O–H groups in total. The number of thiazole rings is 1. The quantitative estimate of drug-likeness (QED) is 0.213. The van der Waals surface area contributed by atoms with Crippen molar-refractivity contribution in [1.29, 1.82) is 0 Å². The van der Waals surface area contributed by atoms with E-state index in [4.69, 9.17) is 10.2 Å². The molecule has 0 amide bonds. The summed E-state index contributed by atoms with van der Waals surface area (Å²) in [4.78, 5) is 15.4. The molecule has 2 heterocycles. The van der Waals surface area contributed by atoms with Gasteiger partial charge in [0, 0.05) is 22.9 Å². The van der Waals surface area contributed by atoms with Gasteiger partial charge in [-0.3, -0.25) is 0 Å². The summed E-state index contributed by atoms with van der Waals surface area (Å²) in [5.74, 6) is -1.59. The Bertz CT molecular complexity index is 1930. The number of carboxylic acids is 1. The predicted molar refractivity (Wildman–Crippen MR) is 159 cm³/mol. The number of benzene rings is 3. The van der Waals surface area contributed by atoms with Crippen molar-refractivity contribution in [1.82, 2.24) is 14.8 Å². The molecule has 42 heavy (non-hydrogen) atoms. The molecule has 6 rings (SSSR count). The number of carboxylic acid groups (broad SMARTS) is 1. The lowest BCUT2D eigenvalue weighted by atomic mass is 9.93. The van der Waals surface area contributed by atoms with Gasteiger partial charge >= 0.3 is 5.97 Å². The minimum atomic E-state index is -4.21. The lowest BCUT2D eigenvalue weighted by molar-refractivity contribution is 0.0691. The molecule has 5 aromatic rings. The summed E-state index contributed by atoms with van der Waals surface area (Å²) in [6.07, 6.45) is 3.10. The van der Waals surface area contributed by atoms with E-state index in [0.717, 1.165) is 46.4 Å². The van der Waals surface area contributed by atoms with Crippen molar-refractivity contribution >= 4 is 27.3 Å². The summed E-state index contributed by atoms with van der Waals surface area (Å²) in [7, 11) is -4.21. The summed E-state index contributed by atoms with van der Waals surface area (Å²) in [5.41, 5.74) is 6.83. The lowest BCUT2D eigenvalue weighted by Crippen LogP contribution is -2.14. The fraction of sp³-hybridized carbons (Fsp3) is 0.194. The summed E-state index contributed by atoms with van der Waals surface area (Å²) in [6.45, 7) is 2.00. The van der Waals surface area contributed by atoms with Crippen LogP contribution in [0.15, 0.2) is 77.0 Å². The van der Waals surface area contributed by atoms with E-state index in [0.29, 0.717) is 28.7 Å². The molecule has 1 fully saturated rings. The largest absolute Gasteiger partial charge is 0.476 e. The first-order valence-corrected chi connectivity index (χ1v) is 15.8. The highest BCUT2D eigenvalue weighted by Gasteiger charge is 2.30. The third kappa shape index (κ3) is 5.63. The number of halogens is 1. The van der Waals surface area contributed by atoms with Crippen LogP contribution in [0.25, 0.3) is 27.5 Å². The van der Waals surface area contributed by atoms with Gasteiger partial charge in [-0.1, -0.05) is 48.5 Å². The fourth-order valence-corrected chi connectivity index (χ4v) is 6.45. The van der Waals surface area contributed by atoms with Crippen molar-refractivity contribution in [3.8, 4) is 27.5 Å². The second-order valence-corrected chi connectivity index (χ2v) is 12.9. The van der Waals surface area contributed by atoms with Crippen molar-refractivity contribution in [2.24, 2.45) is 11.1 Å². The number of nitrogens with zero attached hydrogens (tertiary/aromatic N) is 3. The lowest BCUT2D eigenvalue weighted by Gasteiger charge is -2.12. The number of primary sulfonamides is 1. The number of rotatable bonds is 9. The Hall–Kier alpha value is -4.19. The molecule has 0 unspecified atom stereocenters. The molecule has 0 atom stereocenters. The van der Waals surface area contributed by atoms with Crippen molar-refractivity contribution in [3.63, 3.8) is 0 Å². The molecule has 0 spiro atoms. The second-order valence-electron chi connectivity index (χ2n) is 10.5. The average Bonchev–Trinajstić information content (AvgIpc) is 3.51. The van der Waals surface area contributed by atoms with E-state index in [2.05, 4.69) is 17.1 Å². The average molecular weight is 603 g/mol. The molecular formula is C31H27FN4O4S2. The maximum absolute atomic E-state index is 14.9. The van der Waals surface area contributed by atoms with Gasteiger partial charge in [0.05, 0.1) is 11.4 Å². The first-order valence-electron chi connectivity index (χ1n) is 13.4. The smallest absolute Gasteiger partial charge is 0.355 e. The molecule has 0 aliphatic heterocycles. The Kier molecular flexibility index (Phi) is 7.25. The van der Waals surface area contributed by atoms with Crippen LogP contribution in [0.1, 0.15) is 45.7 Å². The molecule has 1 saturated carbocycles. The molecule has 0 bridgehead atoms. The van der Waals surface area contributed by atoms with Crippen LogP contribution in [-0.4, -0.2) is 34.3 Å². The molecular weight excluding hydrogens is 575 g/mol. The molecule has 1 aliphatic carbocycles. The standard InChI is InChI=1S/C31H27FN4O4S2/c1-18-7-11-22(21-5-3-2-4-6-21)16-23(18)29-24(13-20-10-12-28(25(32)14-20)42(33,39)40)27(15-19-8-9-19)36(35-29)31-34-26(17-41-31)30(37)38/h2-7,10-12,14,16-17,19H,8-9,13,15H2,1H3,(H,37,38)(H2,33,39,40). The Balaban J connectivity index is 1.56. The third-order valence-corrected chi connectivity index (χ3v) is 9.21. The van der Waals surface area contributed by atoms with Gasteiger partial charge in [-0.2, -0.15) is 5.10 Å². The summed E-state index contributed by atoms with van der Waals surface area (Å²) in [5, 5.41) is 21.7. The van der Waals surface area contributed by atoms with Crippen LogP contribution in [0, 0.1) is 18.7 Å². The molecule has 3 aromatic carbocycles. The van der Waals surface area contributed by atoms with E-state index in [9.17, 15) is 22.7 Å². The van der Waals surface area contributed by atoms with Gasteiger partial charge in [-0.25, -0.2) is 32.4 Å². The first-order chi connectivity index (χ1) is 20.1. The third-order valence-electron chi connectivity index (χ3n) is 7.44. The molecule has 1 aliphatic rings. The highest BCUT2D eigenvalue weighted by atomic mass is 32.2. The van der Waals surface area contributed by atoms with Gasteiger partial charge in [-0.15, -0.1) is 11.3 Å². The highest BCUT2D eigenvalue weighted by Crippen LogP contribution is 2.39. The number of aryl methyl sites for hydroxylation is 1. The number of hydrogen-bond acceptors (Lipinski definition) is 6. The van der Waals surface area contributed by atoms with E-state index in [-0.39, 0.29) is 12.1 Å². The molecule has 8 nitrogen and oxygen atoms in total. The van der Waals surface area contributed by atoms with Crippen LogP contribution >= 0.6 is 11.3 Å². The number of hydrogen-bond donors (Lipinski definition) is 2. The summed E-state index contributed by atoms with van der Waals surface area (Å²) >= 11 is 1.20. The van der Waals surface area contributed by atoms with E-state index < -0.39 is 26.7 Å². The van der Waals surface area contributed by atoms with Crippen molar-refractivity contribution in [2.75, 3.05) is 0 Å². The van der Waals surface area contributed by atoms with Crippen LogP contribution in [-0.2, 0) is 22.9 Å². The molecule has 214 valence electrons. The van der Waals surface area contributed by atoms with Crippen LogP contribution in [0.4, 0.5) is 4.39 Å². The number of carbonyl (C=O) groups is 1. The SMILES string of the molecule is Cc1ccc(-c2ccccc2)cc1-c1nn(-c2nc(C(=O)O)cs2)c(CC2CC2)c1Cc1ccc(S(N)(=O)=O)c(F)c1. The van der Waals surface area contributed by atoms with E-state index in [1.165, 1.54) is 28.8 Å². The molecule has 2 aromatic heterocycles. The Labute approximate surface area is 246 Å². The Morgan fingerprint density at radius 3 is 2.50 bits per heavy atom. The van der Waals surface area contributed by atoms with Gasteiger partial charge in [0.15, 0.2) is 5.69 Å². The normalized spacial score (nSPS) is 13.4. The van der Waals surface area contributed by atoms with Gasteiger partial charge < -0.3 is 5.11 Å². The molecule has 0 saturated heterocycles. The van der Waals surface area contributed by atoms with Crippen molar-refractivity contribution in [3.05, 3.63) is 106 Å². The van der Waals surface area contributed by atoms with Crippen molar-refractivity contribution in [2.45, 2.75) is 37.5 Å². The Morgan fingerprint density at radius 1 is 1.10 bits per heavy atom. The van der Waals surface area contributed by atoms with E-state index >= 15 is 0 Å². The summed E-state index contributed by atoms with van der Waals surface area (Å²) < 4.78 is 40.3. The zero-order valence-electron chi connectivity index (χ0n) is 22.6. The van der Waals surface area contributed by atoms with Gasteiger partial charge in [0.2, 0.25) is 15.2 Å². The van der Waals surface area contributed by atoms with Gasteiger partial charge in [0.25, 0.3) is 0 Å². The molecule has 0 radical (unpaired) electrons. The number of sulfonamides is 1. The van der Waals surface area contributed by atoms with E-state index in [1.807, 2.05) is 43.3 Å². The summed E-state index contributed by atoms with van der Waals surface area (Å²) in [6, 6.07) is 20.1. The van der Waals surface area contributed by atoms with Gasteiger partial charge in [-0.05, 0) is 72.6 Å². The van der Waals surface area contributed by atoms with Crippen LogP contribution in [0.3, 0.4) is 0 Å². The number of nitrogens with two attached hydrogens (primary N) is 1. The minimum Gasteiger partial charge on any atom is -0.476 e. The maximum atomic E-state index is 14.9. The zero-order chi connectivity index (χ0) is 29.6. The predicted octanol–water partition coefficient (Wildman–Crippen LogP) is 6.00. The first kappa shape index (κ1) is 28.0. The number of aromatic carboxylic acids is 1. The Morgan fingerprint density at radius 2 is 1.86 bits per heavy atom. The monoisotopic (exact) mass is 602 g/mol. The highest BCUT2D eigenvalue weighted by molar-refractivity contribution is 7.89. The maximum Gasteiger partial charge on any atom is 0.355 e. The molecule has 11 heteroatoms. The fourth-order valence-electron chi connectivity index (χ4n) is 5.09. The van der Waals surface area contributed by atoms with Crippen LogP contribution in [0.2, 0.25) is 0 Å².